The Kier molecular flexibility index (Phi) is 5.18. The molecule has 0 aliphatic heterocycles. The van der Waals surface area contributed by atoms with Gasteiger partial charge in [0, 0.05) is 19.8 Å². The summed E-state index contributed by atoms with van der Waals surface area (Å²) in [7, 11) is 1.92. The van der Waals surface area contributed by atoms with Crippen molar-refractivity contribution in [3.05, 3.63) is 21.2 Å². The monoisotopic (exact) mass is 399 g/mol. The molecule has 1 N–H and O–H groups in total. The van der Waals surface area contributed by atoms with Gasteiger partial charge in [0.1, 0.15) is 5.82 Å². The smallest absolute Gasteiger partial charge is 0.165 e. The van der Waals surface area contributed by atoms with Crippen LogP contribution in [-0.4, -0.2) is 26.3 Å². The molecule has 0 unspecified atom stereocenters. The maximum Gasteiger partial charge on any atom is 0.165 e. The van der Waals surface area contributed by atoms with E-state index in [0.29, 0.717) is 5.92 Å². The van der Waals surface area contributed by atoms with Crippen molar-refractivity contribution in [3.8, 4) is 11.4 Å². The molecule has 21 heavy (non-hydrogen) atoms. The second-order valence-electron chi connectivity index (χ2n) is 5.59. The summed E-state index contributed by atoms with van der Waals surface area (Å²) < 4.78 is 2.93. The average Bonchev–Trinajstić information content (AvgIpc) is 2.73. The van der Waals surface area contributed by atoms with Crippen LogP contribution in [0.3, 0.4) is 0 Å². The van der Waals surface area contributed by atoms with E-state index in [9.17, 15) is 0 Å². The lowest BCUT2D eigenvalue weighted by molar-refractivity contribution is 0.632. The highest BCUT2D eigenvalue weighted by Crippen LogP contribution is 2.26. The van der Waals surface area contributed by atoms with Gasteiger partial charge < -0.3 is 5.32 Å². The Morgan fingerprint density at radius 3 is 2.57 bits per heavy atom. The molecule has 2 heterocycles. The van der Waals surface area contributed by atoms with Gasteiger partial charge in [-0.05, 0) is 48.8 Å². The van der Waals surface area contributed by atoms with Crippen molar-refractivity contribution >= 4 is 28.4 Å². The Balaban J connectivity index is 2.55. The van der Waals surface area contributed by atoms with Crippen LogP contribution in [-0.2, 0) is 13.5 Å². The number of anilines is 1. The zero-order valence-electron chi connectivity index (χ0n) is 13.2. The number of aryl methyl sites for hydroxylation is 2. The van der Waals surface area contributed by atoms with Gasteiger partial charge >= 0.3 is 0 Å². The van der Waals surface area contributed by atoms with E-state index in [1.54, 1.807) is 4.68 Å². The maximum atomic E-state index is 4.79. The molecule has 0 spiro atoms. The summed E-state index contributed by atoms with van der Waals surface area (Å²) in [6.45, 7) is 9.33. The van der Waals surface area contributed by atoms with Gasteiger partial charge in [-0.15, -0.1) is 0 Å². The molecule has 0 fully saturated rings. The molecule has 0 radical (unpaired) electrons. The summed E-state index contributed by atoms with van der Waals surface area (Å²) in [6.07, 6.45) is 2.93. The van der Waals surface area contributed by atoms with Crippen molar-refractivity contribution in [1.29, 1.82) is 0 Å². The summed E-state index contributed by atoms with van der Waals surface area (Å²) in [5, 5.41) is 7.73. The van der Waals surface area contributed by atoms with Crippen LogP contribution in [0.4, 0.5) is 5.82 Å². The normalized spacial score (nSPS) is 11.2. The van der Waals surface area contributed by atoms with E-state index in [1.165, 1.54) is 0 Å². The van der Waals surface area contributed by atoms with Crippen molar-refractivity contribution in [3.63, 3.8) is 0 Å². The number of halogens is 1. The molecule has 0 bridgehead atoms. The number of nitrogens with one attached hydrogen (secondary N) is 1. The molecular weight excluding hydrogens is 377 g/mol. The standard InChI is InChI=1S/C15H22IN5/c1-6-17-15-13(16)12(7-9(2)3)18-14(19-15)11-8-21(5)20-10(11)4/h8-9H,6-7H2,1-5H3,(H,17,18,19). The average molecular weight is 399 g/mol. The lowest BCUT2D eigenvalue weighted by Gasteiger charge is -2.13. The van der Waals surface area contributed by atoms with Gasteiger partial charge in [-0.2, -0.15) is 5.10 Å². The topological polar surface area (TPSA) is 55.6 Å². The molecule has 2 rings (SSSR count). The fourth-order valence-corrected chi connectivity index (χ4v) is 2.89. The Morgan fingerprint density at radius 1 is 1.33 bits per heavy atom. The molecule has 0 saturated heterocycles. The minimum Gasteiger partial charge on any atom is -0.369 e. The van der Waals surface area contributed by atoms with Gasteiger partial charge in [-0.3, -0.25) is 4.68 Å². The molecular formula is C15H22IN5. The van der Waals surface area contributed by atoms with Crippen molar-refractivity contribution in [1.82, 2.24) is 19.7 Å². The molecule has 0 amide bonds. The predicted molar refractivity (Wildman–Crippen MR) is 94.4 cm³/mol. The van der Waals surface area contributed by atoms with Gasteiger partial charge in [0.2, 0.25) is 0 Å². The Bertz CT molecular complexity index is 633. The molecule has 0 aliphatic carbocycles. The maximum absolute atomic E-state index is 4.79. The third kappa shape index (κ3) is 3.72. The van der Waals surface area contributed by atoms with Gasteiger partial charge in [-0.25, -0.2) is 9.97 Å². The van der Waals surface area contributed by atoms with E-state index in [2.05, 4.69) is 53.8 Å². The molecule has 0 aliphatic rings. The van der Waals surface area contributed by atoms with Crippen LogP contribution in [0.2, 0.25) is 0 Å². The van der Waals surface area contributed by atoms with E-state index < -0.39 is 0 Å². The predicted octanol–water partition coefficient (Wildman–Crippen LogP) is 3.42. The second kappa shape index (κ2) is 6.72. The summed E-state index contributed by atoms with van der Waals surface area (Å²) in [4.78, 5) is 9.48. The highest BCUT2D eigenvalue weighted by atomic mass is 127. The molecule has 2 aromatic rings. The Morgan fingerprint density at radius 2 is 2.05 bits per heavy atom. The molecule has 5 nitrogen and oxygen atoms in total. The largest absolute Gasteiger partial charge is 0.369 e. The number of nitrogens with zero attached hydrogens (tertiary/aromatic N) is 4. The minimum absolute atomic E-state index is 0.561. The van der Waals surface area contributed by atoms with E-state index in [-0.39, 0.29) is 0 Å². The summed E-state index contributed by atoms with van der Waals surface area (Å²) in [5.41, 5.74) is 3.06. The van der Waals surface area contributed by atoms with E-state index >= 15 is 0 Å². The van der Waals surface area contributed by atoms with Crippen molar-refractivity contribution in [2.75, 3.05) is 11.9 Å². The van der Waals surface area contributed by atoms with Gasteiger partial charge in [-0.1, -0.05) is 13.8 Å². The summed E-state index contributed by atoms with van der Waals surface area (Å²) in [6, 6.07) is 0. The van der Waals surface area contributed by atoms with Crippen molar-refractivity contribution in [2.45, 2.75) is 34.1 Å². The molecule has 0 atom stereocenters. The van der Waals surface area contributed by atoms with Crippen LogP contribution in [0.25, 0.3) is 11.4 Å². The molecule has 0 aromatic carbocycles. The van der Waals surface area contributed by atoms with Crippen molar-refractivity contribution in [2.24, 2.45) is 13.0 Å². The lowest BCUT2D eigenvalue weighted by Crippen LogP contribution is -2.10. The first kappa shape index (κ1) is 16.2. The number of aromatic nitrogens is 4. The lowest BCUT2D eigenvalue weighted by atomic mass is 10.1. The molecule has 114 valence electrons. The SMILES string of the molecule is CCNc1nc(-c2cn(C)nc2C)nc(CC(C)C)c1I. The third-order valence-electron chi connectivity index (χ3n) is 3.12. The van der Waals surface area contributed by atoms with E-state index in [0.717, 1.165) is 45.1 Å². The van der Waals surface area contributed by atoms with Crippen molar-refractivity contribution < 1.29 is 0 Å². The third-order valence-corrected chi connectivity index (χ3v) is 4.25. The van der Waals surface area contributed by atoms with Crippen LogP contribution in [0.15, 0.2) is 6.20 Å². The fraction of sp³-hybridized carbons (Fsp3) is 0.533. The number of rotatable bonds is 5. The number of hydrogen-bond acceptors (Lipinski definition) is 4. The Hall–Kier alpha value is -1.18. The zero-order valence-corrected chi connectivity index (χ0v) is 15.4. The first-order chi connectivity index (χ1) is 9.92. The Labute approximate surface area is 139 Å². The van der Waals surface area contributed by atoms with E-state index in [4.69, 9.17) is 9.97 Å². The van der Waals surface area contributed by atoms with Crippen LogP contribution in [0.1, 0.15) is 32.2 Å². The zero-order chi connectivity index (χ0) is 15.6. The first-order valence-electron chi connectivity index (χ1n) is 7.23. The first-order valence-corrected chi connectivity index (χ1v) is 8.31. The van der Waals surface area contributed by atoms with Crippen LogP contribution in [0.5, 0.6) is 0 Å². The van der Waals surface area contributed by atoms with Gasteiger partial charge in [0.25, 0.3) is 0 Å². The van der Waals surface area contributed by atoms with Gasteiger partial charge in [0.15, 0.2) is 5.82 Å². The second-order valence-corrected chi connectivity index (χ2v) is 6.67. The molecule has 2 aromatic heterocycles. The fourth-order valence-electron chi connectivity index (χ4n) is 2.24. The minimum atomic E-state index is 0.561. The quantitative estimate of drug-likeness (QED) is 0.783. The van der Waals surface area contributed by atoms with E-state index in [1.807, 2.05) is 20.2 Å². The van der Waals surface area contributed by atoms with Crippen LogP contribution < -0.4 is 5.32 Å². The van der Waals surface area contributed by atoms with Crippen LogP contribution >= 0.6 is 22.6 Å². The summed E-state index contributed by atoms with van der Waals surface area (Å²) >= 11 is 2.34. The molecule has 6 heteroatoms. The molecule has 0 saturated carbocycles. The van der Waals surface area contributed by atoms with Crippen LogP contribution in [0, 0.1) is 16.4 Å². The highest BCUT2D eigenvalue weighted by Gasteiger charge is 2.16. The highest BCUT2D eigenvalue weighted by molar-refractivity contribution is 14.1. The summed E-state index contributed by atoms with van der Waals surface area (Å²) in [5.74, 6) is 2.24. The number of hydrogen-bond donors (Lipinski definition) is 1. The van der Waals surface area contributed by atoms with Gasteiger partial charge in [0.05, 0.1) is 20.5 Å².